The van der Waals surface area contributed by atoms with Crippen LogP contribution in [0.3, 0.4) is 0 Å². The van der Waals surface area contributed by atoms with Crippen LogP contribution in [-0.4, -0.2) is 0 Å². The Kier molecular flexibility index (Phi) is 5.15. The second-order valence-electron chi connectivity index (χ2n) is 5.86. The first-order chi connectivity index (χ1) is 12.3. The lowest BCUT2D eigenvalue weighted by Crippen LogP contribution is -2.06. The van der Waals surface area contributed by atoms with Gasteiger partial charge in [-0.2, -0.15) is 0 Å². The van der Waals surface area contributed by atoms with Crippen molar-refractivity contribution in [3.05, 3.63) is 105 Å². The normalized spacial score (nSPS) is 12.4. The van der Waals surface area contributed by atoms with Crippen LogP contribution < -0.4 is 0 Å². The number of rotatable bonds is 5. The number of thiophene rings is 1. The van der Waals surface area contributed by atoms with E-state index in [1.165, 1.54) is 29.7 Å². The van der Waals surface area contributed by atoms with E-state index in [2.05, 4.69) is 95.4 Å². The number of benzene rings is 3. The summed E-state index contributed by atoms with van der Waals surface area (Å²) in [5.41, 5.74) is 2.39. The third-order valence-electron chi connectivity index (χ3n) is 4.16. The summed E-state index contributed by atoms with van der Waals surface area (Å²) in [7, 11) is 0. The average molecular weight is 456 g/mol. The van der Waals surface area contributed by atoms with Crippen molar-refractivity contribution in [2.75, 3.05) is 0 Å². The van der Waals surface area contributed by atoms with Crippen molar-refractivity contribution in [1.82, 2.24) is 0 Å². The molecule has 4 aromatic rings. The predicted molar refractivity (Wildman–Crippen MR) is 114 cm³/mol. The zero-order valence-electron chi connectivity index (χ0n) is 13.6. The number of fused-ring (bicyclic) bond motifs is 1. The van der Waals surface area contributed by atoms with E-state index in [0.29, 0.717) is 6.61 Å². The van der Waals surface area contributed by atoms with E-state index in [4.69, 9.17) is 4.74 Å². The van der Waals surface area contributed by atoms with E-state index in [9.17, 15) is 0 Å². The van der Waals surface area contributed by atoms with E-state index in [0.717, 1.165) is 0 Å². The molecule has 1 atom stereocenters. The summed E-state index contributed by atoms with van der Waals surface area (Å²) in [6.45, 7) is 0.602. The summed E-state index contributed by atoms with van der Waals surface area (Å²) in [6.07, 6.45) is -0.0503. The zero-order valence-corrected chi connectivity index (χ0v) is 16.5. The first kappa shape index (κ1) is 16.8. The average Bonchev–Trinajstić information content (AvgIpc) is 3.01. The van der Waals surface area contributed by atoms with Crippen molar-refractivity contribution in [3.8, 4) is 0 Å². The van der Waals surface area contributed by atoms with Gasteiger partial charge < -0.3 is 4.74 Å². The molecule has 0 fully saturated rings. The molecule has 0 radical (unpaired) electrons. The molecule has 1 unspecified atom stereocenters. The standard InChI is InChI=1S/C22H17IOS/c23-20-18-13-7-8-14-19(18)25-22(20)21(17-11-5-2-6-12-17)24-15-16-9-3-1-4-10-16/h1-14,21H,15H2. The maximum atomic E-state index is 6.42. The Bertz CT molecular complexity index is 963. The highest BCUT2D eigenvalue weighted by Gasteiger charge is 2.21. The molecule has 3 heteroatoms. The fourth-order valence-electron chi connectivity index (χ4n) is 2.91. The van der Waals surface area contributed by atoms with Gasteiger partial charge in [-0.1, -0.05) is 78.9 Å². The van der Waals surface area contributed by atoms with E-state index in [-0.39, 0.29) is 6.10 Å². The van der Waals surface area contributed by atoms with Crippen molar-refractivity contribution in [2.24, 2.45) is 0 Å². The Labute approximate surface area is 165 Å². The summed E-state index contributed by atoms with van der Waals surface area (Å²) in [4.78, 5) is 1.28. The Morgan fingerprint density at radius 1 is 0.800 bits per heavy atom. The van der Waals surface area contributed by atoms with Crippen molar-refractivity contribution in [1.29, 1.82) is 0 Å². The van der Waals surface area contributed by atoms with Crippen molar-refractivity contribution in [3.63, 3.8) is 0 Å². The van der Waals surface area contributed by atoms with Gasteiger partial charge >= 0.3 is 0 Å². The van der Waals surface area contributed by atoms with Crippen LogP contribution in [0.1, 0.15) is 22.1 Å². The lowest BCUT2D eigenvalue weighted by atomic mass is 10.1. The maximum absolute atomic E-state index is 6.42. The van der Waals surface area contributed by atoms with E-state index in [1.54, 1.807) is 0 Å². The molecular formula is C22H17IOS. The van der Waals surface area contributed by atoms with Crippen LogP contribution in [0.2, 0.25) is 0 Å². The molecule has 0 N–H and O–H groups in total. The highest BCUT2D eigenvalue weighted by atomic mass is 127. The van der Waals surface area contributed by atoms with Crippen LogP contribution in [0.25, 0.3) is 10.1 Å². The molecule has 4 rings (SSSR count). The molecule has 0 spiro atoms. The lowest BCUT2D eigenvalue weighted by molar-refractivity contribution is 0.0686. The Morgan fingerprint density at radius 2 is 1.44 bits per heavy atom. The van der Waals surface area contributed by atoms with Gasteiger partial charge in [0, 0.05) is 13.7 Å². The summed E-state index contributed by atoms with van der Waals surface area (Å²) in [5, 5.41) is 1.31. The molecule has 1 aromatic heterocycles. The molecule has 0 bridgehead atoms. The molecule has 0 amide bonds. The zero-order chi connectivity index (χ0) is 17.1. The Morgan fingerprint density at radius 3 is 2.16 bits per heavy atom. The third-order valence-corrected chi connectivity index (χ3v) is 6.90. The Balaban J connectivity index is 1.73. The fraction of sp³-hybridized carbons (Fsp3) is 0.0909. The molecule has 1 heterocycles. The molecule has 25 heavy (non-hydrogen) atoms. The summed E-state index contributed by atoms with van der Waals surface area (Å²) in [6, 6.07) is 29.4. The summed E-state index contributed by atoms with van der Waals surface area (Å²) >= 11 is 4.29. The number of ether oxygens (including phenoxy) is 1. The minimum absolute atomic E-state index is 0.0503. The van der Waals surface area contributed by atoms with Crippen LogP contribution in [-0.2, 0) is 11.3 Å². The van der Waals surface area contributed by atoms with E-state index >= 15 is 0 Å². The van der Waals surface area contributed by atoms with Crippen LogP contribution >= 0.6 is 33.9 Å². The summed E-state index contributed by atoms with van der Waals surface area (Å²) in [5.74, 6) is 0. The highest BCUT2D eigenvalue weighted by molar-refractivity contribution is 14.1. The van der Waals surface area contributed by atoms with Gasteiger partial charge in [-0.15, -0.1) is 11.3 Å². The Hall–Kier alpha value is -1.69. The van der Waals surface area contributed by atoms with Gasteiger partial charge in [0.05, 0.1) is 11.5 Å². The first-order valence-corrected chi connectivity index (χ1v) is 10.1. The van der Waals surface area contributed by atoms with E-state index < -0.39 is 0 Å². The second kappa shape index (κ2) is 7.68. The van der Waals surface area contributed by atoms with Crippen LogP contribution in [0, 0.1) is 3.57 Å². The quantitative estimate of drug-likeness (QED) is 0.300. The monoisotopic (exact) mass is 456 g/mol. The third kappa shape index (κ3) is 3.64. The van der Waals surface area contributed by atoms with E-state index in [1.807, 2.05) is 23.5 Å². The van der Waals surface area contributed by atoms with Gasteiger partial charge in [0.25, 0.3) is 0 Å². The lowest BCUT2D eigenvalue weighted by Gasteiger charge is -2.18. The second-order valence-corrected chi connectivity index (χ2v) is 8.03. The molecule has 1 nitrogen and oxygen atoms in total. The minimum atomic E-state index is -0.0503. The minimum Gasteiger partial charge on any atom is -0.363 e. The number of hydrogen-bond donors (Lipinski definition) is 0. The number of halogens is 1. The van der Waals surface area contributed by atoms with Gasteiger partial charge in [-0.3, -0.25) is 0 Å². The van der Waals surface area contributed by atoms with Gasteiger partial charge in [-0.05, 0) is 39.8 Å². The summed E-state index contributed by atoms with van der Waals surface area (Å²) < 4.78 is 9.02. The molecule has 0 saturated heterocycles. The topological polar surface area (TPSA) is 9.23 Å². The van der Waals surface area contributed by atoms with Gasteiger partial charge in [0.1, 0.15) is 6.10 Å². The molecule has 0 aliphatic heterocycles. The molecule has 124 valence electrons. The molecule has 0 aliphatic carbocycles. The van der Waals surface area contributed by atoms with Crippen molar-refractivity contribution < 1.29 is 4.74 Å². The van der Waals surface area contributed by atoms with Crippen LogP contribution in [0.15, 0.2) is 84.9 Å². The smallest absolute Gasteiger partial charge is 0.118 e. The SMILES string of the molecule is Ic1c(C(OCc2ccccc2)c2ccccc2)sc2ccccc12. The highest BCUT2D eigenvalue weighted by Crippen LogP contribution is 2.40. The van der Waals surface area contributed by atoms with Crippen molar-refractivity contribution >= 4 is 44.0 Å². The molecule has 0 aliphatic rings. The fourth-order valence-corrected chi connectivity index (χ4v) is 5.35. The number of hydrogen-bond acceptors (Lipinski definition) is 2. The largest absolute Gasteiger partial charge is 0.363 e. The maximum Gasteiger partial charge on any atom is 0.118 e. The predicted octanol–water partition coefficient (Wildman–Crippen LogP) is 6.81. The first-order valence-electron chi connectivity index (χ1n) is 8.20. The molecule has 0 saturated carbocycles. The van der Waals surface area contributed by atoms with Gasteiger partial charge in [-0.25, -0.2) is 0 Å². The van der Waals surface area contributed by atoms with Crippen LogP contribution in [0.4, 0.5) is 0 Å². The molecule has 3 aromatic carbocycles. The molecular weight excluding hydrogens is 439 g/mol. The van der Waals surface area contributed by atoms with Gasteiger partial charge in [0.15, 0.2) is 0 Å². The van der Waals surface area contributed by atoms with Crippen LogP contribution in [0.5, 0.6) is 0 Å². The van der Waals surface area contributed by atoms with Crippen molar-refractivity contribution in [2.45, 2.75) is 12.7 Å². The van der Waals surface area contributed by atoms with Gasteiger partial charge in [0.2, 0.25) is 0 Å².